The molecule has 0 aliphatic heterocycles. The Morgan fingerprint density at radius 1 is 1.38 bits per heavy atom. The molecule has 0 saturated heterocycles. The van der Waals surface area contributed by atoms with Gasteiger partial charge >= 0.3 is 0 Å². The van der Waals surface area contributed by atoms with Crippen LogP contribution in [-0.2, 0) is 5.54 Å². The van der Waals surface area contributed by atoms with E-state index >= 15 is 0 Å². The maximum absolute atomic E-state index is 12.7. The van der Waals surface area contributed by atoms with E-state index in [1.807, 2.05) is 45.9 Å². The van der Waals surface area contributed by atoms with Gasteiger partial charge in [0.15, 0.2) is 0 Å². The number of amides is 1. The molecule has 130 valence electrons. The molecule has 6 heteroatoms. The van der Waals surface area contributed by atoms with Crippen LogP contribution in [0.3, 0.4) is 0 Å². The minimum absolute atomic E-state index is 0.166. The number of hydrogen-bond acceptors (Lipinski definition) is 3. The van der Waals surface area contributed by atoms with Crippen LogP contribution < -0.4 is 11.1 Å². The molecule has 1 unspecified atom stereocenters. The minimum atomic E-state index is -0.237. The van der Waals surface area contributed by atoms with Crippen LogP contribution in [0, 0.1) is 5.92 Å². The van der Waals surface area contributed by atoms with E-state index in [2.05, 4.69) is 10.4 Å². The van der Waals surface area contributed by atoms with Gasteiger partial charge in [0.1, 0.15) is 5.69 Å². The molecule has 3 N–H and O–H groups in total. The molecule has 1 aromatic heterocycles. The smallest absolute Gasteiger partial charge is 0.255 e. The van der Waals surface area contributed by atoms with Crippen LogP contribution in [0.4, 0.5) is 0 Å². The van der Waals surface area contributed by atoms with E-state index in [1.165, 1.54) is 0 Å². The zero-order valence-corrected chi connectivity index (χ0v) is 15.4. The topological polar surface area (TPSA) is 72.9 Å². The average Bonchev–Trinajstić information content (AvgIpc) is 2.98. The summed E-state index contributed by atoms with van der Waals surface area (Å²) in [6.07, 6.45) is 1.78. The fourth-order valence-corrected chi connectivity index (χ4v) is 2.41. The lowest BCUT2D eigenvalue weighted by Crippen LogP contribution is -2.31. The molecule has 0 saturated carbocycles. The van der Waals surface area contributed by atoms with Crippen molar-refractivity contribution < 1.29 is 4.79 Å². The van der Waals surface area contributed by atoms with E-state index in [1.54, 1.807) is 16.9 Å². The number of carbonyl (C=O) groups excluding carboxylic acids is 1. The molecule has 24 heavy (non-hydrogen) atoms. The molecular formula is C18H25ClN4O. The number of benzene rings is 1. The number of nitrogens with one attached hydrogen (secondary N) is 1. The van der Waals surface area contributed by atoms with Crippen LogP contribution >= 0.6 is 11.6 Å². The lowest BCUT2D eigenvalue weighted by Gasteiger charge is -2.18. The van der Waals surface area contributed by atoms with Crippen LogP contribution in [0.5, 0.6) is 0 Å². The van der Waals surface area contributed by atoms with E-state index in [4.69, 9.17) is 17.3 Å². The Labute approximate surface area is 148 Å². The second-order valence-electron chi connectivity index (χ2n) is 7.04. The predicted molar refractivity (Wildman–Crippen MR) is 98.2 cm³/mol. The Morgan fingerprint density at radius 2 is 2.04 bits per heavy atom. The van der Waals surface area contributed by atoms with E-state index in [0.717, 1.165) is 5.56 Å². The molecule has 1 aromatic carbocycles. The monoisotopic (exact) mass is 348 g/mol. The van der Waals surface area contributed by atoms with E-state index < -0.39 is 0 Å². The fourth-order valence-electron chi connectivity index (χ4n) is 2.18. The Balaban J connectivity index is 2.44. The van der Waals surface area contributed by atoms with Gasteiger partial charge in [-0.25, -0.2) is 0 Å². The van der Waals surface area contributed by atoms with Gasteiger partial charge in [0.25, 0.3) is 5.91 Å². The van der Waals surface area contributed by atoms with Crippen molar-refractivity contribution in [2.45, 2.75) is 33.2 Å². The number of nitrogens with two attached hydrogens (primary N) is 1. The summed E-state index contributed by atoms with van der Waals surface area (Å²) in [5.41, 5.74) is 7.23. The first-order chi connectivity index (χ1) is 11.2. The highest BCUT2D eigenvalue weighted by Gasteiger charge is 2.24. The summed E-state index contributed by atoms with van der Waals surface area (Å²) in [4.78, 5) is 12.7. The molecule has 2 aromatic rings. The van der Waals surface area contributed by atoms with Crippen molar-refractivity contribution >= 4 is 17.5 Å². The van der Waals surface area contributed by atoms with Crippen LogP contribution in [0.2, 0.25) is 5.02 Å². The SMILES string of the molecule is CC(CN)CNC(=O)c1cn(C(C)(C)C)nc1-c1ccccc1Cl. The summed E-state index contributed by atoms with van der Waals surface area (Å²) < 4.78 is 1.80. The van der Waals surface area contributed by atoms with Crippen molar-refractivity contribution in [1.29, 1.82) is 0 Å². The van der Waals surface area contributed by atoms with Crippen LogP contribution in [0.25, 0.3) is 11.3 Å². The average molecular weight is 349 g/mol. The van der Waals surface area contributed by atoms with E-state index in [-0.39, 0.29) is 17.4 Å². The Morgan fingerprint density at radius 3 is 2.62 bits per heavy atom. The summed E-state index contributed by atoms with van der Waals surface area (Å²) in [6, 6.07) is 7.41. The third-order valence-electron chi connectivity index (χ3n) is 3.79. The summed E-state index contributed by atoms with van der Waals surface area (Å²) in [5.74, 6) is 0.0519. The maximum Gasteiger partial charge on any atom is 0.255 e. The van der Waals surface area contributed by atoms with Crippen molar-refractivity contribution in [3.05, 3.63) is 41.0 Å². The van der Waals surface area contributed by atoms with Gasteiger partial charge in [-0.15, -0.1) is 0 Å². The van der Waals surface area contributed by atoms with Crippen molar-refractivity contribution in [2.24, 2.45) is 11.7 Å². The van der Waals surface area contributed by atoms with Gasteiger partial charge in [-0.05, 0) is 39.3 Å². The quantitative estimate of drug-likeness (QED) is 0.870. The van der Waals surface area contributed by atoms with Gasteiger partial charge in [0, 0.05) is 18.3 Å². The van der Waals surface area contributed by atoms with Gasteiger partial charge in [-0.1, -0.05) is 36.7 Å². The molecule has 0 aliphatic rings. The second-order valence-corrected chi connectivity index (χ2v) is 7.44. The number of aromatic nitrogens is 2. The molecular weight excluding hydrogens is 324 g/mol. The van der Waals surface area contributed by atoms with E-state index in [0.29, 0.717) is 29.4 Å². The minimum Gasteiger partial charge on any atom is -0.352 e. The zero-order chi connectivity index (χ0) is 17.9. The predicted octanol–water partition coefficient (Wildman–Crippen LogP) is 3.28. The number of halogens is 1. The van der Waals surface area contributed by atoms with Crippen LogP contribution in [0.1, 0.15) is 38.1 Å². The fraction of sp³-hybridized carbons (Fsp3) is 0.444. The van der Waals surface area contributed by atoms with Gasteiger partial charge in [-0.3, -0.25) is 9.48 Å². The first-order valence-corrected chi connectivity index (χ1v) is 8.45. The summed E-state index contributed by atoms with van der Waals surface area (Å²) >= 11 is 6.31. The largest absolute Gasteiger partial charge is 0.352 e. The zero-order valence-electron chi connectivity index (χ0n) is 14.6. The third kappa shape index (κ3) is 4.16. The standard InChI is InChI=1S/C18H25ClN4O/c1-12(9-20)10-21-17(24)14-11-23(18(2,3)4)22-16(14)13-7-5-6-8-15(13)19/h5-8,11-12H,9-10,20H2,1-4H3,(H,21,24). The van der Waals surface area contributed by atoms with Crippen molar-refractivity contribution in [2.75, 3.05) is 13.1 Å². The van der Waals surface area contributed by atoms with Crippen molar-refractivity contribution in [1.82, 2.24) is 15.1 Å². The summed E-state index contributed by atoms with van der Waals surface area (Å²) in [5, 5.41) is 8.13. The third-order valence-corrected chi connectivity index (χ3v) is 4.12. The summed E-state index contributed by atoms with van der Waals surface area (Å²) in [7, 11) is 0. The van der Waals surface area contributed by atoms with Gasteiger partial charge < -0.3 is 11.1 Å². The Kier molecular flexibility index (Phi) is 5.67. The van der Waals surface area contributed by atoms with Gasteiger partial charge in [-0.2, -0.15) is 5.10 Å². The Bertz CT molecular complexity index is 718. The van der Waals surface area contributed by atoms with Crippen molar-refractivity contribution in [3.63, 3.8) is 0 Å². The molecule has 0 spiro atoms. The molecule has 1 atom stereocenters. The lowest BCUT2D eigenvalue weighted by atomic mass is 10.1. The van der Waals surface area contributed by atoms with Crippen LogP contribution in [-0.4, -0.2) is 28.8 Å². The molecule has 0 fully saturated rings. The highest BCUT2D eigenvalue weighted by Crippen LogP contribution is 2.30. The van der Waals surface area contributed by atoms with Gasteiger partial charge in [0.2, 0.25) is 0 Å². The number of carbonyl (C=O) groups is 1. The molecule has 1 heterocycles. The lowest BCUT2D eigenvalue weighted by molar-refractivity contribution is 0.0949. The number of rotatable bonds is 5. The molecule has 0 bridgehead atoms. The number of hydrogen-bond donors (Lipinski definition) is 2. The number of nitrogens with zero attached hydrogens (tertiary/aromatic N) is 2. The maximum atomic E-state index is 12.7. The van der Waals surface area contributed by atoms with Crippen molar-refractivity contribution in [3.8, 4) is 11.3 Å². The first-order valence-electron chi connectivity index (χ1n) is 8.07. The van der Waals surface area contributed by atoms with Crippen LogP contribution in [0.15, 0.2) is 30.5 Å². The second kappa shape index (κ2) is 7.36. The first kappa shape index (κ1) is 18.5. The molecule has 0 radical (unpaired) electrons. The van der Waals surface area contributed by atoms with E-state index in [9.17, 15) is 4.79 Å². The summed E-state index contributed by atoms with van der Waals surface area (Å²) in [6.45, 7) is 9.16. The van der Waals surface area contributed by atoms with Gasteiger partial charge in [0.05, 0.1) is 16.1 Å². The Hall–Kier alpha value is -1.85. The molecule has 1 amide bonds. The molecule has 0 aliphatic carbocycles. The molecule has 2 rings (SSSR count). The highest BCUT2D eigenvalue weighted by molar-refractivity contribution is 6.33. The molecule has 5 nitrogen and oxygen atoms in total. The normalized spacial score (nSPS) is 12.9. The highest BCUT2D eigenvalue weighted by atomic mass is 35.5.